The lowest BCUT2D eigenvalue weighted by Gasteiger charge is -2.36. The van der Waals surface area contributed by atoms with Crippen LogP contribution < -0.4 is 19.3 Å². The summed E-state index contributed by atoms with van der Waals surface area (Å²) in [5.41, 5.74) is 2.18. The summed E-state index contributed by atoms with van der Waals surface area (Å²) >= 11 is 6.30. The summed E-state index contributed by atoms with van der Waals surface area (Å²) in [6.45, 7) is 4.57. The number of ether oxygens (including phenoxy) is 2. The van der Waals surface area contributed by atoms with Crippen molar-refractivity contribution in [1.29, 1.82) is 0 Å². The Hall–Kier alpha value is -2.44. The van der Waals surface area contributed by atoms with E-state index < -0.39 is 0 Å². The van der Waals surface area contributed by atoms with Gasteiger partial charge in [-0.15, -0.1) is 0 Å². The zero-order valence-electron chi connectivity index (χ0n) is 16.0. The molecule has 2 heterocycles. The third-order valence-electron chi connectivity index (χ3n) is 5.22. The molecule has 1 amide bonds. The van der Waals surface area contributed by atoms with Gasteiger partial charge in [0.1, 0.15) is 6.54 Å². The SMILES string of the molecule is C[NH+](CC(=O)N1CCN(c2ccccc2Cl)CC1)Cc1ccc2c(c1)OCO2. The summed E-state index contributed by atoms with van der Waals surface area (Å²) in [6, 6.07) is 13.8. The van der Waals surface area contributed by atoms with Gasteiger partial charge in [0.15, 0.2) is 18.0 Å². The van der Waals surface area contributed by atoms with Crippen LogP contribution in [0.4, 0.5) is 5.69 Å². The number of carbonyl (C=O) groups excluding carboxylic acids is 1. The van der Waals surface area contributed by atoms with E-state index >= 15 is 0 Å². The van der Waals surface area contributed by atoms with Gasteiger partial charge in [-0.3, -0.25) is 4.79 Å². The van der Waals surface area contributed by atoms with Crippen LogP contribution in [0.1, 0.15) is 5.56 Å². The van der Waals surface area contributed by atoms with E-state index in [9.17, 15) is 4.79 Å². The average molecular weight is 403 g/mol. The van der Waals surface area contributed by atoms with E-state index in [1.165, 1.54) is 0 Å². The van der Waals surface area contributed by atoms with Crippen molar-refractivity contribution in [3.05, 3.63) is 53.1 Å². The largest absolute Gasteiger partial charge is 0.454 e. The molecule has 1 saturated heterocycles. The normalized spacial score (nSPS) is 16.9. The van der Waals surface area contributed by atoms with E-state index in [0.29, 0.717) is 6.54 Å². The lowest BCUT2D eigenvalue weighted by molar-refractivity contribution is -0.885. The van der Waals surface area contributed by atoms with E-state index in [4.69, 9.17) is 21.1 Å². The van der Waals surface area contributed by atoms with Gasteiger partial charge < -0.3 is 24.2 Å². The second kappa shape index (κ2) is 8.29. The number of piperazine rings is 1. The number of halogens is 1. The van der Waals surface area contributed by atoms with Crippen LogP contribution in [-0.4, -0.2) is 57.4 Å². The molecule has 2 aliphatic rings. The van der Waals surface area contributed by atoms with Gasteiger partial charge in [-0.1, -0.05) is 23.7 Å². The van der Waals surface area contributed by atoms with Gasteiger partial charge in [-0.25, -0.2) is 0 Å². The molecular weight excluding hydrogens is 378 g/mol. The topological polar surface area (TPSA) is 46.5 Å². The van der Waals surface area contributed by atoms with Crippen molar-refractivity contribution < 1.29 is 19.2 Å². The number of anilines is 1. The third-order valence-corrected chi connectivity index (χ3v) is 5.54. The number of fused-ring (bicyclic) bond motifs is 1. The summed E-state index contributed by atoms with van der Waals surface area (Å²) in [5.74, 6) is 1.76. The van der Waals surface area contributed by atoms with Crippen molar-refractivity contribution in [1.82, 2.24) is 4.90 Å². The Morgan fingerprint density at radius 1 is 1.07 bits per heavy atom. The highest BCUT2D eigenvalue weighted by atomic mass is 35.5. The second-order valence-electron chi connectivity index (χ2n) is 7.32. The number of carbonyl (C=O) groups is 1. The monoisotopic (exact) mass is 402 g/mol. The van der Waals surface area contributed by atoms with Crippen molar-refractivity contribution in [3.63, 3.8) is 0 Å². The predicted octanol–water partition coefficient (Wildman–Crippen LogP) is 1.43. The number of likely N-dealkylation sites (N-methyl/N-ethyl adjacent to an activating group) is 1. The second-order valence-corrected chi connectivity index (χ2v) is 7.72. The molecule has 1 unspecified atom stereocenters. The van der Waals surface area contributed by atoms with E-state index in [-0.39, 0.29) is 12.7 Å². The first-order valence-corrected chi connectivity index (χ1v) is 9.95. The number of hydrogen-bond donors (Lipinski definition) is 1. The fraction of sp³-hybridized carbons (Fsp3) is 0.381. The first kappa shape index (κ1) is 18.9. The zero-order valence-corrected chi connectivity index (χ0v) is 16.7. The standard InChI is InChI=1S/C21H24ClN3O3/c1-23(13-16-6-7-19-20(12-16)28-15-27-19)14-21(26)25-10-8-24(9-11-25)18-5-3-2-4-17(18)22/h2-7,12H,8-11,13-15H2,1H3/p+1. The molecule has 0 spiro atoms. The summed E-state index contributed by atoms with van der Waals surface area (Å²) in [7, 11) is 2.04. The Morgan fingerprint density at radius 3 is 2.61 bits per heavy atom. The molecule has 0 bridgehead atoms. The van der Waals surface area contributed by atoms with Crippen molar-refractivity contribution in [2.75, 3.05) is 51.5 Å². The molecular formula is C21H25ClN3O3+. The van der Waals surface area contributed by atoms with Gasteiger partial charge in [-0.05, 0) is 30.3 Å². The van der Waals surface area contributed by atoms with E-state index in [0.717, 1.165) is 65.4 Å². The van der Waals surface area contributed by atoms with Crippen LogP contribution in [-0.2, 0) is 11.3 Å². The molecule has 2 aliphatic heterocycles. The number of quaternary nitrogens is 1. The molecule has 0 aromatic heterocycles. The maximum atomic E-state index is 12.7. The quantitative estimate of drug-likeness (QED) is 0.822. The zero-order chi connectivity index (χ0) is 19.5. The molecule has 1 atom stereocenters. The Labute approximate surface area is 170 Å². The number of nitrogens with zero attached hydrogens (tertiary/aromatic N) is 2. The first-order chi connectivity index (χ1) is 13.6. The Balaban J connectivity index is 1.28. The smallest absolute Gasteiger partial charge is 0.277 e. The van der Waals surface area contributed by atoms with Crippen LogP contribution in [0.15, 0.2) is 42.5 Å². The highest BCUT2D eigenvalue weighted by Gasteiger charge is 2.24. The van der Waals surface area contributed by atoms with E-state index in [1.807, 2.05) is 54.4 Å². The summed E-state index contributed by atoms with van der Waals surface area (Å²) < 4.78 is 10.8. The van der Waals surface area contributed by atoms with E-state index in [2.05, 4.69) is 4.90 Å². The maximum absolute atomic E-state index is 12.7. The molecule has 2 aromatic carbocycles. The number of para-hydroxylation sites is 1. The lowest BCUT2D eigenvalue weighted by atomic mass is 10.2. The van der Waals surface area contributed by atoms with Crippen LogP contribution >= 0.6 is 11.6 Å². The van der Waals surface area contributed by atoms with Crippen molar-refractivity contribution in [3.8, 4) is 11.5 Å². The van der Waals surface area contributed by atoms with Crippen LogP contribution in [0.2, 0.25) is 5.02 Å². The molecule has 2 aromatic rings. The average Bonchev–Trinajstić information content (AvgIpc) is 3.16. The molecule has 7 heteroatoms. The molecule has 28 heavy (non-hydrogen) atoms. The Morgan fingerprint density at radius 2 is 1.82 bits per heavy atom. The number of benzene rings is 2. The molecule has 0 radical (unpaired) electrons. The summed E-state index contributed by atoms with van der Waals surface area (Å²) in [4.78, 5) is 18.1. The molecule has 0 aliphatic carbocycles. The number of amides is 1. The van der Waals surface area contributed by atoms with Gasteiger partial charge in [0.25, 0.3) is 5.91 Å². The van der Waals surface area contributed by atoms with Crippen molar-refractivity contribution >= 4 is 23.2 Å². The molecule has 6 nitrogen and oxygen atoms in total. The minimum atomic E-state index is 0.192. The number of hydrogen-bond acceptors (Lipinski definition) is 4. The van der Waals surface area contributed by atoms with Crippen molar-refractivity contribution in [2.45, 2.75) is 6.54 Å². The van der Waals surface area contributed by atoms with E-state index in [1.54, 1.807) is 0 Å². The van der Waals surface area contributed by atoms with Crippen LogP contribution in [0.25, 0.3) is 0 Å². The number of nitrogens with one attached hydrogen (secondary N) is 1. The summed E-state index contributed by atoms with van der Waals surface area (Å²) in [5, 5.41) is 0.759. The molecule has 1 N–H and O–H groups in total. The van der Waals surface area contributed by atoms with Gasteiger partial charge in [-0.2, -0.15) is 0 Å². The first-order valence-electron chi connectivity index (χ1n) is 9.57. The fourth-order valence-electron chi connectivity index (χ4n) is 3.74. The Bertz CT molecular complexity index is 853. The van der Waals surface area contributed by atoms with Crippen LogP contribution in [0.3, 0.4) is 0 Å². The van der Waals surface area contributed by atoms with Gasteiger partial charge in [0.05, 0.1) is 17.8 Å². The minimum absolute atomic E-state index is 0.192. The Kier molecular flexibility index (Phi) is 5.59. The van der Waals surface area contributed by atoms with Crippen LogP contribution in [0, 0.1) is 0 Å². The third kappa shape index (κ3) is 4.18. The van der Waals surface area contributed by atoms with Gasteiger partial charge in [0.2, 0.25) is 6.79 Å². The van der Waals surface area contributed by atoms with Gasteiger partial charge >= 0.3 is 0 Å². The highest BCUT2D eigenvalue weighted by Crippen LogP contribution is 2.32. The highest BCUT2D eigenvalue weighted by molar-refractivity contribution is 6.33. The number of rotatable bonds is 5. The molecule has 1 fully saturated rings. The van der Waals surface area contributed by atoms with Crippen LogP contribution in [0.5, 0.6) is 11.5 Å². The maximum Gasteiger partial charge on any atom is 0.277 e. The molecule has 4 rings (SSSR count). The molecule has 0 saturated carbocycles. The fourth-order valence-corrected chi connectivity index (χ4v) is 3.99. The van der Waals surface area contributed by atoms with Crippen molar-refractivity contribution in [2.24, 2.45) is 0 Å². The van der Waals surface area contributed by atoms with Gasteiger partial charge in [0, 0.05) is 31.7 Å². The lowest BCUT2D eigenvalue weighted by Crippen LogP contribution is -3.09. The summed E-state index contributed by atoms with van der Waals surface area (Å²) in [6.07, 6.45) is 0. The molecule has 148 valence electrons. The predicted molar refractivity (Wildman–Crippen MR) is 108 cm³/mol. The minimum Gasteiger partial charge on any atom is -0.454 e.